The molecule has 4 rings (SSSR count). The number of rotatable bonds is 4. The third-order valence-electron chi connectivity index (χ3n) is 3.82. The number of para-hydroxylation sites is 1. The summed E-state index contributed by atoms with van der Waals surface area (Å²) in [5.41, 5.74) is 3.76. The molecule has 1 aromatic carbocycles. The topological polar surface area (TPSA) is 40.7 Å². The molecule has 0 bridgehead atoms. The van der Waals surface area contributed by atoms with Gasteiger partial charge in [0.15, 0.2) is 0 Å². The van der Waals surface area contributed by atoms with Gasteiger partial charge in [0.05, 0.1) is 11.2 Å². The van der Waals surface area contributed by atoms with Crippen molar-refractivity contribution in [2.75, 3.05) is 5.75 Å². The molecule has 2 N–H and O–H groups in total. The van der Waals surface area contributed by atoms with Gasteiger partial charge in [0.2, 0.25) is 0 Å². The Labute approximate surface area is 132 Å². The first kappa shape index (κ1) is 13.4. The van der Waals surface area contributed by atoms with Crippen LogP contribution in [0.3, 0.4) is 0 Å². The highest BCUT2D eigenvalue weighted by Crippen LogP contribution is 2.31. The third-order valence-corrected chi connectivity index (χ3v) is 6.07. The van der Waals surface area contributed by atoms with Crippen LogP contribution in [0.4, 0.5) is 0 Å². The molecule has 0 aliphatic carbocycles. The van der Waals surface area contributed by atoms with E-state index in [0.29, 0.717) is 0 Å². The highest BCUT2D eigenvalue weighted by Gasteiger charge is 2.13. The molecule has 108 valence electrons. The van der Waals surface area contributed by atoms with E-state index in [9.17, 15) is 0 Å². The molecule has 3 heterocycles. The quantitative estimate of drug-likeness (QED) is 0.771. The summed E-state index contributed by atoms with van der Waals surface area (Å²) in [6.45, 7) is 1.77. The largest absolute Gasteiger partial charge is 0.306 e. The van der Waals surface area contributed by atoms with Crippen molar-refractivity contribution in [2.24, 2.45) is 0 Å². The molecule has 2 aromatic heterocycles. The summed E-state index contributed by atoms with van der Waals surface area (Å²) in [7, 11) is 0. The number of thioether (sulfide) groups is 1. The second kappa shape index (κ2) is 5.83. The van der Waals surface area contributed by atoms with Gasteiger partial charge in [-0.15, -0.1) is 11.3 Å². The van der Waals surface area contributed by atoms with Crippen LogP contribution in [0.25, 0.3) is 10.9 Å². The predicted molar refractivity (Wildman–Crippen MR) is 90.8 cm³/mol. The smallest absolute Gasteiger partial charge is 0.0924 e. The monoisotopic (exact) mass is 315 g/mol. The van der Waals surface area contributed by atoms with E-state index < -0.39 is 0 Å². The van der Waals surface area contributed by atoms with E-state index in [1.54, 1.807) is 10.4 Å². The summed E-state index contributed by atoms with van der Waals surface area (Å²) in [4.78, 5) is 3.05. The summed E-state index contributed by atoms with van der Waals surface area (Å²) >= 11 is 4.02. The van der Waals surface area contributed by atoms with Gasteiger partial charge in [0, 0.05) is 34.0 Å². The molecule has 0 saturated carbocycles. The Kier molecular flexibility index (Phi) is 3.71. The van der Waals surface area contributed by atoms with E-state index in [0.717, 1.165) is 18.6 Å². The number of hydrogen-bond donors (Lipinski definition) is 2. The maximum absolute atomic E-state index is 4.33. The van der Waals surface area contributed by atoms with Gasteiger partial charge in [-0.25, -0.2) is 0 Å². The molecule has 0 fully saturated rings. The Balaban J connectivity index is 1.42. The molecule has 0 saturated heterocycles. The first-order valence-corrected chi connectivity index (χ1v) is 9.18. The number of nitrogens with one attached hydrogen (secondary N) is 2. The minimum absolute atomic E-state index is 0.831. The average molecular weight is 315 g/mol. The van der Waals surface area contributed by atoms with Crippen molar-refractivity contribution >= 4 is 34.0 Å². The fraction of sp³-hybridized carbons (Fsp3) is 0.312. The summed E-state index contributed by atoms with van der Waals surface area (Å²) in [5.74, 6) is 2.47. The molecule has 0 spiro atoms. The van der Waals surface area contributed by atoms with Crippen molar-refractivity contribution in [3.05, 3.63) is 51.3 Å². The zero-order valence-electron chi connectivity index (χ0n) is 11.7. The zero-order chi connectivity index (χ0) is 14.1. The molecule has 0 atom stereocenters. The Hall–Kier alpha value is -1.30. The second-order valence-corrected chi connectivity index (χ2v) is 7.61. The van der Waals surface area contributed by atoms with Crippen LogP contribution in [0.5, 0.6) is 0 Å². The number of H-pyrrole nitrogens is 1. The average Bonchev–Trinajstić information content (AvgIpc) is 3.11. The predicted octanol–water partition coefficient (Wildman–Crippen LogP) is 3.70. The maximum atomic E-state index is 4.33. The molecule has 1 aliphatic heterocycles. The fourth-order valence-corrected chi connectivity index (χ4v) is 5.10. The van der Waals surface area contributed by atoms with E-state index in [1.807, 2.05) is 35.2 Å². The lowest BCUT2D eigenvalue weighted by molar-refractivity contribution is 0.687. The van der Waals surface area contributed by atoms with Crippen LogP contribution < -0.4 is 5.32 Å². The Morgan fingerprint density at radius 3 is 3.14 bits per heavy atom. The molecule has 5 heteroatoms. The number of benzene rings is 1. The third kappa shape index (κ3) is 2.73. The van der Waals surface area contributed by atoms with Crippen molar-refractivity contribution in [1.29, 1.82) is 0 Å². The molecule has 3 aromatic rings. The van der Waals surface area contributed by atoms with Gasteiger partial charge in [-0.1, -0.05) is 18.2 Å². The van der Waals surface area contributed by atoms with Crippen molar-refractivity contribution < 1.29 is 0 Å². The number of aromatic amines is 1. The van der Waals surface area contributed by atoms with Crippen molar-refractivity contribution in [2.45, 2.75) is 25.3 Å². The standard InChI is InChI=1S/C16H17N3S2/c1-2-4-14-13(3-1)15(19-18-14)9-17-8-12-7-11-10-20-6-5-16(11)21-12/h1-4,7,17H,5-6,8-10H2,(H,18,19). The normalized spacial score (nSPS) is 14.5. The number of aryl methyl sites for hydroxylation is 1. The first-order chi connectivity index (χ1) is 10.4. The van der Waals surface area contributed by atoms with Crippen LogP contribution >= 0.6 is 23.1 Å². The van der Waals surface area contributed by atoms with Crippen LogP contribution in [0.1, 0.15) is 21.0 Å². The number of thiophene rings is 1. The van der Waals surface area contributed by atoms with Gasteiger partial charge in [-0.05, 0) is 29.9 Å². The Morgan fingerprint density at radius 1 is 1.24 bits per heavy atom. The lowest BCUT2D eigenvalue weighted by Gasteiger charge is -2.08. The van der Waals surface area contributed by atoms with Gasteiger partial charge < -0.3 is 5.32 Å². The van der Waals surface area contributed by atoms with Crippen molar-refractivity contribution in [3.8, 4) is 0 Å². The summed E-state index contributed by atoms with van der Waals surface area (Å²) in [5, 5.41) is 12.2. The molecule has 3 nitrogen and oxygen atoms in total. The molecule has 1 aliphatic rings. The highest BCUT2D eigenvalue weighted by atomic mass is 32.2. The minimum Gasteiger partial charge on any atom is -0.306 e. The van der Waals surface area contributed by atoms with Crippen LogP contribution in [-0.4, -0.2) is 16.0 Å². The molecular weight excluding hydrogens is 298 g/mol. The van der Waals surface area contributed by atoms with Crippen LogP contribution in [0.2, 0.25) is 0 Å². The summed E-state index contributed by atoms with van der Waals surface area (Å²) in [6.07, 6.45) is 1.25. The van der Waals surface area contributed by atoms with Crippen LogP contribution in [0, 0.1) is 0 Å². The van der Waals surface area contributed by atoms with E-state index in [-0.39, 0.29) is 0 Å². The van der Waals surface area contributed by atoms with E-state index in [2.05, 4.69) is 33.7 Å². The zero-order valence-corrected chi connectivity index (χ0v) is 13.3. The minimum atomic E-state index is 0.831. The van der Waals surface area contributed by atoms with E-state index in [4.69, 9.17) is 0 Å². The van der Waals surface area contributed by atoms with E-state index in [1.165, 1.54) is 33.9 Å². The number of nitrogens with zero attached hydrogens (tertiary/aromatic N) is 1. The Bertz CT molecular complexity index is 736. The molecule has 0 unspecified atom stereocenters. The van der Waals surface area contributed by atoms with Gasteiger partial charge in [-0.3, -0.25) is 5.10 Å². The van der Waals surface area contributed by atoms with Gasteiger partial charge >= 0.3 is 0 Å². The fourth-order valence-electron chi connectivity index (χ4n) is 2.76. The number of aromatic nitrogens is 2. The lowest BCUT2D eigenvalue weighted by atomic mass is 10.2. The molecule has 0 amide bonds. The maximum Gasteiger partial charge on any atom is 0.0924 e. The van der Waals surface area contributed by atoms with E-state index >= 15 is 0 Å². The highest BCUT2D eigenvalue weighted by molar-refractivity contribution is 7.98. The van der Waals surface area contributed by atoms with Crippen LogP contribution in [0.15, 0.2) is 30.3 Å². The second-order valence-electron chi connectivity index (χ2n) is 5.29. The first-order valence-electron chi connectivity index (χ1n) is 7.21. The number of hydrogen-bond acceptors (Lipinski definition) is 4. The van der Waals surface area contributed by atoms with Crippen LogP contribution in [-0.2, 0) is 25.3 Å². The molecule has 21 heavy (non-hydrogen) atoms. The van der Waals surface area contributed by atoms with Gasteiger partial charge in [0.1, 0.15) is 0 Å². The lowest BCUT2D eigenvalue weighted by Crippen LogP contribution is -2.12. The summed E-state index contributed by atoms with van der Waals surface area (Å²) < 4.78 is 0. The summed E-state index contributed by atoms with van der Waals surface area (Å²) in [6, 6.07) is 10.6. The van der Waals surface area contributed by atoms with Crippen molar-refractivity contribution in [1.82, 2.24) is 15.5 Å². The molecular formula is C16H17N3S2. The number of fused-ring (bicyclic) bond motifs is 2. The SMILES string of the molecule is c1ccc2c(CNCc3cc4c(s3)CCSC4)[nH]nc2c1. The molecule has 0 radical (unpaired) electrons. The van der Waals surface area contributed by atoms with Crippen molar-refractivity contribution in [3.63, 3.8) is 0 Å². The van der Waals surface area contributed by atoms with Gasteiger partial charge in [0.25, 0.3) is 0 Å². The van der Waals surface area contributed by atoms with Gasteiger partial charge in [-0.2, -0.15) is 16.9 Å². The Morgan fingerprint density at radius 2 is 2.19 bits per heavy atom.